The first-order valence-electron chi connectivity index (χ1n) is 10.4. The van der Waals surface area contributed by atoms with Gasteiger partial charge in [0, 0.05) is 63.0 Å². The van der Waals surface area contributed by atoms with Gasteiger partial charge in [-0.2, -0.15) is 10.1 Å². The largest absolute Gasteiger partial charge is 0.378 e. The fraction of sp³-hybridized carbons (Fsp3) is 0.600. The van der Waals surface area contributed by atoms with Crippen LogP contribution in [0.1, 0.15) is 17.0 Å². The Morgan fingerprint density at radius 3 is 2.31 bits per heavy atom. The van der Waals surface area contributed by atoms with E-state index in [1.807, 2.05) is 6.92 Å². The topological polar surface area (TPSA) is 79.7 Å². The molecule has 154 valence electrons. The van der Waals surface area contributed by atoms with Crippen LogP contribution in [0.2, 0.25) is 0 Å². The van der Waals surface area contributed by atoms with Crippen molar-refractivity contribution in [1.29, 1.82) is 0 Å². The van der Waals surface area contributed by atoms with Crippen molar-refractivity contribution in [1.82, 2.24) is 20.2 Å². The van der Waals surface area contributed by atoms with Crippen molar-refractivity contribution in [3.05, 3.63) is 29.1 Å². The van der Waals surface area contributed by atoms with Crippen LogP contribution in [0.3, 0.4) is 0 Å². The standard InChI is InChI=1S/C20H27N7O2/c1-15-12-18(22-20(21-15)27-7-10-28-11-8-27)25-3-5-26(6-4-25)19-13-16-14-29-9-2-17(16)23-24-19/h12-13H,2-11,14H2,1H3. The summed E-state index contributed by atoms with van der Waals surface area (Å²) in [5.41, 5.74) is 3.25. The predicted octanol–water partition coefficient (Wildman–Crippen LogP) is 0.811. The maximum atomic E-state index is 5.57. The second-order valence-corrected chi connectivity index (χ2v) is 7.72. The zero-order valence-corrected chi connectivity index (χ0v) is 16.9. The van der Waals surface area contributed by atoms with Crippen molar-refractivity contribution >= 4 is 17.6 Å². The van der Waals surface area contributed by atoms with E-state index >= 15 is 0 Å². The third-order valence-electron chi connectivity index (χ3n) is 5.74. The summed E-state index contributed by atoms with van der Waals surface area (Å²) >= 11 is 0. The molecule has 29 heavy (non-hydrogen) atoms. The Bertz CT molecular complexity index is 864. The lowest BCUT2D eigenvalue weighted by Crippen LogP contribution is -2.47. The smallest absolute Gasteiger partial charge is 0.227 e. The molecule has 0 amide bonds. The molecule has 0 spiro atoms. The zero-order chi connectivity index (χ0) is 19.6. The fourth-order valence-corrected chi connectivity index (χ4v) is 4.05. The molecule has 0 unspecified atom stereocenters. The van der Waals surface area contributed by atoms with Gasteiger partial charge in [0.25, 0.3) is 0 Å². The summed E-state index contributed by atoms with van der Waals surface area (Å²) in [6.45, 7) is 10.2. The third-order valence-corrected chi connectivity index (χ3v) is 5.74. The van der Waals surface area contributed by atoms with Crippen LogP contribution in [-0.4, -0.2) is 79.3 Å². The predicted molar refractivity (Wildman–Crippen MR) is 110 cm³/mol. The molecule has 2 fully saturated rings. The van der Waals surface area contributed by atoms with E-state index in [-0.39, 0.29) is 0 Å². The van der Waals surface area contributed by atoms with E-state index < -0.39 is 0 Å². The van der Waals surface area contributed by atoms with E-state index in [0.717, 1.165) is 94.5 Å². The monoisotopic (exact) mass is 397 g/mol. The lowest BCUT2D eigenvalue weighted by atomic mass is 10.1. The quantitative estimate of drug-likeness (QED) is 0.747. The van der Waals surface area contributed by atoms with Crippen LogP contribution in [-0.2, 0) is 22.5 Å². The van der Waals surface area contributed by atoms with Crippen LogP contribution >= 0.6 is 0 Å². The Balaban J connectivity index is 1.27. The van der Waals surface area contributed by atoms with E-state index in [9.17, 15) is 0 Å². The van der Waals surface area contributed by atoms with Crippen molar-refractivity contribution < 1.29 is 9.47 Å². The number of hydrogen-bond acceptors (Lipinski definition) is 9. The molecule has 0 radical (unpaired) electrons. The summed E-state index contributed by atoms with van der Waals surface area (Å²) in [4.78, 5) is 16.4. The number of aromatic nitrogens is 4. The minimum absolute atomic E-state index is 0.641. The molecule has 2 aromatic heterocycles. The van der Waals surface area contributed by atoms with Gasteiger partial charge in [-0.1, -0.05) is 0 Å². The maximum Gasteiger partial charge on any atom is 0.227 e. The molecule has 0 saturated carbocycles. The van der Waals surface area contributed by atoms with Crippen molar-refractivity contribution in [3.63, 3.8) is 0 Å². The lowest BCUT2D eigenvalue weighted by molar-refractivity contribution is 0.109. The first kappa shape index (κ1) is 18.5. The van der Waals surface area contributed by atoms with Crippen molar-refractivity contribution in [3.8, 4) is 0 Å². The molecular formula is C20H27N7O2. The number of morpholine rings is 1. The Labute approximate surface area is 170 Å². The number of anilines is 3. The molecule has 0 aliphatic carbocycles. The average molecular weight is 397 g/mol. The minimum atomic E-state index is 0.641. The summed E-state index contributed by atoms with van der Waals surface area (Å²) in [5, 5.41) is 8.89. The molecule has 2 aromatic rings. The Kier molecular flexibility index (Phi) is 5.15. The van der Waals surface area contributed by atoms with Crippen LogP contribution < -0.4 is 14.7 Å². The number of hydrogen-bond donors (Lipinski definition) is 0. The molecule has 5 heterocycles. The van der Waals surface area contributed by atoms with Gasteiger partial charge in [0.05, 0.1) is 32.1 Å². The number of fused-ring (bicyclic) bond motifs is 1. The summed E-state index contributed by atoms with van der Waals surface area (Å²) in [6, 6.07) is 4.22. The van der Waals surface area contributed by atoms with E-state index in [4.69, 9.17) is 14.5 Å². The number of piperazine rings is 1. The van der Waals surface area contributed by atoms with E-state index in [1.54, 1.807) is 0 Å². The Morgan fingerprint density at radius 1 is 0.759 bits per heavy atom. The zero-order valence-electron chi connectivity index (χ0n) is 16.9. The highest BCUT2D eigenvalue weighted by molar-refractivity contribution is 5.49. The van der Waals surface area contributed by atoms with Gasteiger partial charge in [-0.15, -0.1) is 5.10 Å². The molecule has 2 saturated heterocycles. The van der Waals surface area contributed by atoms with Gasteiger partial charge >= 0.3 is 0 Å². The van der Waals surface area contributed by atoms with Crippen LogP contribution in [0, 0.1) is 6.92 Å². The van der Waals surface area contributed by atoms with Crippen LogP contribution in [0.5, 0.6) is 0 Å². The SMILES string of the molecule is Cc1cc(N2CCN(c3cc4c(nn3)CCOC4)CC2)nc(N2CCOCC2)n1. The molecule has 3 aliphatic rings. The van der Waals surface area contributed by atoms with Crippen LogP contribution in [0.25, 0.3) is 0 Å². The molecule has 0 aromatic carbocycles. The highest BCUT2D eigenvalue weighted by Crippen LogP contribution is 2.23. The van der Waals surface area contributed by atoms with Gasteiger partial charge in [-0.25, -0.2) is 4.98 Å². The number of aryl methyl sites for hydroxylation is 1. The maximum absolute atomic E-state index is 5.57. The van der Waals surface area contributed by atoms with E-state index in [2.05, 4.69) is 42.0 Å². The minimum Gasteiger partial charge on any atom is -0.378 e. The molecule has 3 aliphatic heterocycles. The van der Waals surface area contributed by atoms with Crippen molar-refractivity contribution in [2.75, 3.05) is 73.8 Å². The number of ether oxygens (including phenoxy) is 2. The second kappa shape index (κ2) is 8.08. The highest BCUT2D eigenvalue weighted by Gasteiger charge is 2.23. The van der Waals surface area contributed by atoms with Crippen LogP contribution in [0.15, 0.2) is 12.1 Å². The van der Waals surface area contributed by atoms with Gasteiger partial charge < -0.3 is 24.2 Å². The van der Waals surface area contributed by atoms with Gasteiger partial charge in [-0.05, 0) is 13.0 Å². The summed E-state index contributed by atoms with van der Waals surface area (Å²) in [6.07, 6.45) is 0.856. The van der Waals surface area contributed by atoms with Gasteiger partial charge in [-0.3, -0.25) is 0 Å². The summed E-state index contributed by atoms with van der Waals surface area (Å²) in [7, 11) is 0. The second-order valence-electron chi connectivity index (χ2n) is 7.72. The van der Waals surface area contributed by atoms with Gasteiger partial charge in [0.2, 0.25) is 5.95 Å². The van der Waals surface area contributed by atoms with Gasteiger partial charge in [0.15, 0.2) is 5.82 Å². The Morgan fingerprint density at radius 2 is 1.52 bits per heavy atom. The normalized spacial score (nSPS) is 20.0. The molecule has 9 heteroatoms. The molecule has 0 bridgehead atoms. The lowest BCUT2D eigenvalue weighted by Gasteiger charge is -2.36. The first-order chi connectivity index (χ1) is 14.3. The van der Waals surface area contributed by atoms with E-state index in [1.165, 1.54) is 5.56 Å². The van der Waals surface area contributed by atoms with Gasteiger partial charge in [0.1, 0.15) is 5.82 Å². The average Bonchev–Trinajstić information content (AvgIpc) is 2.79. The third kappa shape index (κ3) is 3.97. The number of nitrogens with zero attached hydrogens (tertiary/aromatic N) is 7. The molecule has 0 atom stereocenters. The van der Waals surface area contributed by atoms with Crippen molar-refractivity contribution in [2.45, 2.75) is 20.0 Å². The van der Waals surface area contributed by atoms with Crippen LogP contribution in [0.4, 0.5) is 17.6 Å². The highest BCUT2D eigenvalue weighted by atomic mass is 16.5. The van der Waals surface area contributed by atoms with Crippen molar-refractivity contribution in [2.24, 2.45) is 0 Å². The molecule has 0 N–H and O–H groups in total. The van der Waals surface area contributed by atoms with E-state index in [0.29, 0.717) is 6.61 Å². The molecule has 5 rings (SSSR count). The molecule has 9 nitrogen and oxygen atoms in total. The Hall–Kier alpha value is -2.52. The fourth-order valence-electron chi connectivity index (χ4n) is 4.05. The molecular weight excluding hydrogens is 370 g/mol. The first-order valence-corrected chi connectivity index (χ1v) is 10.4. The summed E-state index contributed by atoms with van der Waals surface area (Å²) in [5.74, 6) is 2.76. The summed E-state index contributed by atoms with van der Waals surface area (Å²) < 4.78 is 11.0. The number of rotatable bonds is 3.